The molecular weight excluding hydrogens is 478 g/mol. The van der Waals surface area contributed by atoms with E-state index in [0.717, 1.165) is 10.3 Å². The maximum atomic E-state index is 13.4. The number of Topliss-reactive ketones (excluding diaryl/α,β-unsaturated/α-hetero) is 1. The molecule has 1 amide bonds. The van der Waals surface area contributed by atoms with E-state index in [2.05, 4.69) is 9.97 Å². The summed E-state index contributed by atoms with van der Waals surface area (Å²) in [5, 5.41) is 11.6. The highest BCUT2D eigenvalue weighted by atomic mass is 32.1. The first kappa shape index (κ1) is 23.5. The van der Waals surface area contributed by atoms with E-state index in [9.17, 15) is 14.7 Å². The van der Waals surface area contributed by atoms with Crippen molar-refractivity contribution in [1.82, 2.24) is 9.97 Å². The first-order valence-electron chi connectivity index (χ1n) is 11.3. The molecule has 2 aromatic heterocycles. The molecule has 9 heteroatoms. The van der Waals surface area contributed by atoms with Crippen LogP contribution in [0, 0.1) is 6.92 Å². The SMILES string of the molecule is CCOc1ccc(/C(O)=C2\C(=O)C(=O)N(c3nc4cc(C)c(OC)cc4s3)C2c2ccccn2)cc1. The third-order valence-electron chi connectivity index (χ3n) is 5.95. The number of rotatable bonds is 6. The third kappa shape index (κ3) is 3.97. The molecule has 182 valence electrons. The van der Waals surface area contributed by atoms with Crippen LogP contribution in [0.25, 0.3) is 16.0 Å². The Morgan fingerprint density at radius 2 is 1.92 bits per heavy atom. The normalized spacial score (nSPS) is 17.1. The van der Waals surface area contributed by atoms with Crippen LogP contribution >= 0.6 is 11.3 Å². The number of carbonyl (C=O) groups is 2. The summed E-state index contributed by atoms with van der Waals surface area (Å²) < 4.78 is 11.7. The van der Waals surface area contributed by atoms with Crippen molar-refractivity contribution < 1.29 is 24.2 Å². The summed E-state index contributed by atoms with van der Waals surface area (Å²) in [5.41, 5.74) is 2.37. The number of benzene rings is 2. The van der Waals surface area contributed by atoms with Gasteiger partial charge in [-0.25, -0.2) is 4.98 Å². The van der Waals surface area contributed by atoms with Gasteiger partial charge in [0.2, 0.25) is 0 Å². The number of fused-ring (bicyclic) bond motifs is 1. The van der Waals surface area contributed by atoms with E-state index in [0.29, 0.717) is 40.0 Å². The average molecular weight is 502 g/mol. The zero-order valence-electron chi connectivity index (χ0n) is 19.9. The van der Waals surface area contributed by atoms with Gasteiger partial charge in [0.1, 0.15) is 23.3 Å². The Morgan fingerprint density at radius 3 is 2.58 bits per heavy atom. The van der Waals surface area contributed by atoms with Gasteiger partial charge in [-0.3, -0.25) is 19.5 Å². The Morgan fingerprint density at radius 1 is 1.14 bits per heavy atom. The van der Waals surface area contributed by atoms with E-state index in [4.69, 9.17) is 9.47 Å². The largest absolute Gasteiger partial charge is 0.507 e. The van der Waals surface area contributed by atoms with Gasteiger partial charge in [0.05, 0.1) is 35.2 Å². The number of aryl methyl sites for hydroxylation is 1. The first-order valence-corrected chi connectivity index (χ1v) is 12.1. The molecule has 3 heterocycles. The molecule has 36 heavy (non-hydrogen) atoms. The Labute approximate surface area is 211 Å². The lowest BCUT2D eigenvalue weighted by atomic mass is 9.98. The Hall–Kier alpha value is -4.24. The topological polar surface area (TPSA) is 102 Å². The van der Waals surface area contributed by atoms with E-state index in [1.165, 1.54) is 16.2 Å². The van der Waals surface area contributed by atoms with Gasteiger partial charge >= 0.3 is 5.91 Å². The third-order valence-corrected chi connectivity index (χ3v) is 6.97. The number of methoxy groups -OCH3 is 1. The lowest BCUT2D eigenvalue weighted by molar-refractivity contribution is -0.132. The molecule has 1 aliphatic rings. The number of nitrogens with zero attached hydrogens (tertiary/aromatic N) is 3. The molecule has 2 aromatic carbocycles. The lowest BCUT2D eigenvalue weighted by Gasteiger charge is -2.21. The monoisotopic (exact) mass is 501 g/mol. The number of thiazole rings is 1. The fourth-order valence-corrected chi connectivity index (χ4v) is 5.25. The second kappa shape index (κ2) is 9.43. The molecule has 1 unspecified atom stereocenters. The summed E-state index contributed by atoms with van der Waals surface area (Å²) in [4.78, 5) is 37.1. The smallest absolute Gasteiger partial charge is 0.301 e. The Balaban J connectivity index is 1.67. The van der Waals surface area contributed by atoms with Gasteiger partial charge < -0.3 is 14.6 Å². The number of anilines is 1. The molecular formula is C27H23N3O5S. The van der Waals surface area contributed by atoms with Crippen molar-refractivity contribution in [3.8, 4) is 11.5 Å². The van der Waals surface area contributed by atoms with E-state index in [1.807, 2.05) is 26.0 Å². The highest BCUT2D eigenvalue weighted by Crippen LogP contribution is 2.44. The van der Waals surface area contributed by atoms with E-state index >= 15 is 0 Å². The zero-order valence-corrected chi connectivity index (χ0v) is 20.7. The van der Waals surface area contributed by atoms with E-state index in [-0.39, 0.29) is 11.3 Å². The lowest BCUT2D eigenvalue weighted by Crippen LogP contribution is -2.29. The molecule has 0 aliphatic carbocycles. The molecule has 0 spiro atoms. The van der Waals surface area contributed by atoms with Crippen LogP contribution in [0.4, 0.5) is 5.13 Å². The van der Waals surface area contributed by atoms with Crippen molar-refractivity contribution in [3.05, 3.63) is 83.2 Å². The van der Waals surface area contributed by atoms with Crippen LogP contribution in [0.3, 0.4) is 0 Å². The number of aliphatic hydroxyl groups excluding tert-OH is 1. The first-order chi connectivity index (χ1) is 17.4. The maximum absolute atomic E-state index is 13.4. The highest BCUT2D eigenvalue weighted by Gasteiger charge is 2.48. The molecule has 0 bridgehead atoms. The molecule has 0 saturated carbocycles. The minimum atomic E-state index is -0.943. The van der Waals surface area contributed by atoms with Gasteiger partial charge in [-0.15, -0.1) is 0 Å². The summed E-state index contributed by atoms with van der Waals surface area (Å²) in [6.07, 6.45) is 1.58. The number of carbonyl (C=O) groups excluding carboxylic acids is 2. The van der Waals surface area contributed by atoms with Gasteiger partial charge in [0.25, 0.3) is 5.78 Å². The summed E-state index contributed by atoms with van der Waals surface area (Å²) in [5.74, 6) is -0.522. The molecule has 5 rings (SSSR count). The van der Waals surface area contributed by atoms with Crippen LogP contribution < -0.4 is 14.4 Å². The fourth-order valence-electron chi connectivity index (χ4n) is 4.25. The molecule has 4 aromatic rings. The number of hydrogen-bond acceptors (Lipinski definition) is 8. The predicted octanol–water partition coefficient (Wildman–Crippen LogP) is 5.03. The van der Waals surface area contributed by atoms with E-state index in [1.54, 1.807) is 55.8 Å². The second-order valence-corrected chi connectivity index (χ2v) is 9.18. The van der Waals surface area contributed by atoms with Crippen LogP contribution in [0.15, 0.2) is 66.4 Å². The maximum Gasteiger partial charge on any atom is 0.301 e. The van der Waals surface area contributed by atoms with Gasteiger partial charge in [0, 0.05) is 11.8 Å². The minimum absolute atomic E-state index is 0.0455. The van der Waals surface area contributed by atoms with E-state index < -0.39 is 17.7 Å². The summed E-state index contributed by atoms with van der Waals surface area (Å²) in [6.45, 7) is 4.29. The van der Waals surface area contributed by atoms with Gasteiger partial charge in [-0.05, 0) is 67.9 Å². The molecule has 8 nitrogen and oxygen atoms in total. The average Bonchev–Trinajstić information content (AvgIpc) is 3.41. The van der Waals surface area contributed by atoms with Crippen molar-refractivity contribution in [1.29, 1.82) is 0 Å². The van der Waals surface area contributed by atoms with Crippen LogP contribution in [0.5, 0.6) is 11.5 Å². The van der Waals surface area contributed by atoms with Crippen molar-refractivity contribution >= 4 is 44.1 Å². The van der Waals surface area contributed by atoms with Crippen molar-refractivity contribution in [2.24, 2.45) is 0 Å². The second-order valence-electron chi connectivity index (χ2n) is 8.17. The van der Waals surface area contributed by atoms with Crippen molar-refractivity contribution in [3.63, 3.8) is 0 Å². The minimum Gasteiger partial charge on any atom is -0.507 e. The summed E-state index contributed by atoms with van der Waals surface area (Å²) >= 11 is 1.27. The molecule has 1 fully saturated rings. The number of pyridine rings is 1. The quantitative estimate of drug-likeness (QED) is 0.225. The number of amides is 1. The van der Waals surface area contributed by atoms with Crippen LogP contribution in [-0.4, -0.2) is 40.5 Å². The number of ketones is 1. The van der Waals surface area contributed by atoms with Crippen LogP contribution in [0.1, 0.15) is 29.8 Å². The number of ether oxygens (including phenoxy) is 2. The van der Waals surface area contributed by atoms with Crippen molar-refractivity contribution in [2.75, 3.05) is 18.6 Å². The van der Waals surface area contributed by atoms with Crippen LogP contribution in [-0.2, 0) is 9.59 Å². The molecule has 0 radical (unpaired) electrons. The molecule has 1 atom stereocenters. The summed E-state index contributed by atoms with van der Waals surface area (Å²) in [7, 11) is 1.59. The number of aromatic nitrogens is 2. The Kier molecular flexibility index (Phi) is 6.15. The molecule has 1 N–H and O–H groups in total. The fraction of sp³-hybridized carbons (Fsp3) is 0.185. The molecule has 1 aliphatic heterocycles. The van der Waals surface area contributed by atoms with Crippen LogP contribution in [0.2, 0.25) is 0 Å². The standard InChI is InChI=1S/C27H23N3O5S/c1-4-35-17-10-8-16(9-11-17)24(31)22-23(18-7-5-6-12-28-18)30(26(33)25(22)32)27-29-19-13-15(2)20(34-3)14-21(19)36-27/h5-14,23,31H,4H2,1-3H3/b24-22+. The predicted molar refractivity (Wildman–Crippen MR) is 138 cm³/mol. The Bertz CT molecular complexity index is 1500. The van der Waals surface area contributed by atoms with Gasteiger partial charge in [0.15, 0.2) is 5.13 Å². The molecule has 1 saturated heterocycles. The zero-order chi connectivity index (χ0) is 25.4. The van der Waals surface area contributed by atoms with Gasteiger partial charge in [-0.1, -0.05) is 17.4 Å². The van der Waals surface area contributed by atoms with Gasteiger partial charge in [-0.2, -0.15) is 0 Å². The number of aliphatic hydroxyl groups is 1. The summed E-state index contributed by atoms with van der Waals surface area (Å²) in [6, 6.07) is 14.7. The number of hydrogen-bond donors (Lipinski definition) is 1. The highest BCUT2D eigenvalue weighted by molar-refractivity contribution is 7.22. The van der Waals surface area contributed by atoms with Crippen molar-refractivity contribution in [2.45, 2.75) is 19.9 Å².